The lowest BCUT2D eigenvalue weighted by molar-refractivity contribution is -0.0265. The van der Waals surface area contributed by atoms with E-state index in [-0.39, 0.29) is 6.10 Å². The Morgan fingerprint density at radius 2 is 1.71 bits per heavy atom. The fraction of sp³-hybridized carbons (Fsp3) is 0.500. The molecule has 5 heteroatoms. The van der Waals surface area contributed by atoms with Gasteiger partial charge >= 0.3 is 0 Å². The van der Waals surface area contributed by atoms with Gasteiger partial charge in [-0.1, -0.05) is 60.7 Å². The molecule has 5 nitrogen and oxygen atoms in total. The molecule has 166 valence electrons. The highest BCUT2D eigenvalue weighted by Gasteiger charge is 2.28. The first-order chi connectivity index (χ1) is 15.3. The van der Waals surface area contributed by atoms with Gasteiger partial charge in [0.1, 0.15) is 0 Å². The first-order valence-electron chi connectivity index (χ1n) is 11.7. The molecule has 2 aromatic carbocycles. The number of guanidine groups is 1. The molecule has 0 radical (unpaired) electrons. The number of benzene rings is 2. The van der Waals surface area contributed by atoms with Gasteiger partial charge in [-0.05, 0) is 49.9 Å². The first-order valence-corrected chi connectivity index (χ1v) is 11.7. The molecule has 0 bridgehead atoms. The normalized spacial score (nSPS) is 23.5. The zero-order valence-electron chi connectivity index (χ0n) is 18.7. The highest BCUT2D eigenvalue weighted by molar-refractivity contribution is 5.79. The molecule has 2 aromatic rings. The molecule has 0 saturated carbocycles. The van der Waals surface area contributed by atoms with Gasteiger partial charge in [-0.3, -0.25) is 9.89 Å². The zero-order chi connectivity index (χ0) is 21.3. The summed E-state index contributed by atoms with van der Waals surface area (Å²) in [5.41, 5.74) is 2.65. The molecule has 3 atom stereocenters. The minimum absolute atomic E-state index is 0.155. The monoisotopic (exact) mass is 420 g/mol. The molecule has 2 aliphatic heterocycles. The van der Waals surface area contributed by atoms with E-state index in [9.17, 15) is 0 Å². The number of likely N-dealkylation sites (tertiary alicyclic amines) is 1. The Kier molecular flexibility index (Phi) is 7.97. The predicted molar refractivity (Wildman–Crippen MR) is 127 cm³/mol. The van der Waals surface area contributed by atoms with Gasteiger partial charge in [-0.2, -0.15) is 0 Å². The van der Waals surface area contributed by atoms with Gasteiger partial charge in [0, 0.05) is 32.7 Å². The van der Waals surface area contributed by atoms with E-state index in [1.807, 2.05) is 7.05 Å². The molecule has 2 saturated heterocycles. The zero-order valence-corrected chi connectivity index (χ0v) is 18.7. The van der Waals surface area contributed by atoms with E-state index < -0.39 is 0 Å². The third-order valence-corrected chi connectivity index (χ3v) is 6.56. The van der Waals surface area contributed by atoms with E-state index in [2.05, 4.69) is 81.2 Å². The SMILES string of the molecule is CN=C(NCC1CCCOC1c1ccccc1)NCC(c1ccccc1)N1CCCC1. The fourth-order valence-corrected chi connectivity index (χ4v) is 4.89. The summed E-state index contributed by atoms with van der Waals surface area (Å²) in [6, 6.07) is 21.8. The number of nitrogens with one attached hydrogen (secondary N) is 2. The molecule has 2 N–H and O–H groups in total. The number of rotatable bonds is 7. The molecule has 2 heterocycles. The van der Waals surface area contributed by atoms with Crippen LogP contribution in [-0.4, -0.2) is 50.7 Å². The van der Waals surface area contributed by atoms with E-state index in [0.717, 1.165) is 32.1 Å². The molecular formula is C26H36N4O. The van der Waals surface area contributed by atoms with Crippen LogP contribution >= 0.6 is 0 Å². The lowest BCUT2D eigenvalue weighted by atomic mass is 9.89. The molecule has 2 fully saturated rings. The average molecular weight is 421 g/mol. The van der Waals surface area contributed by atoms with Crippen molar-refractivity contribution in [3.8, 4) is 0 Å². The summed E-state index contributed by atoms with van der Waals surface area (Å²) >= 11 is 0. The van der Waals surface area contributed by atoms with Crippen LogP contribution in [-0.2, 0) is 4.74 Å². The summed E-state index contributed by atoms with van der Waals surface area (Å²) in [6.45, 7) is 4.90. The van der Waals surface area contributed by atoms with E-state index in [1.54, 1.807) is 0 Å². The third-order valence-electron chi connectivity index (χ3n) is 6.56. The summed E-state index contributed by atoms with van der Waals surface area (Å²) in [5, 5.41) is 7.17. The Labute approximate surface area is 186 Å². The minimum Gasteiger partial charge on any atom is -0.373 e. The van der Waals surface area contributed by atoms with Crippen LogP contribution < -0.4 is 10.6 Å². The second kappa shape index (κ2) is 11.3. The fourth-order valence-electron chi connectivity index (χ4n) is 4.89. The maximum atomic E-state index is 6.16. The molecule has 0 aliphatic carbocycles. The summed E-state index contributed by atoms with van der Waals surface area (Å²) in [4.78, 5) is 7.09. The Bertz CT molecular complexity index is 805. The van der Waals surface area contributed by atoms with Crippen molar-refractivity contribution >= 4 is 5.96 Å². The number of hydrogen-bond donors (Lipinski definition) is 2. The topological polar surface area (TPSA) is 48.9 Å². The molecule has 0 spiro atoms. The maximum absolute atomic E-state index is 6.16. The predicted octanol–water partition coefficient (Wildman–Crippen LogP) is 4.16. The smallest absolute Gasteiger partial charge is 0.191 e. The van der Waals surface area contributed by atoms with Crippen molar-refractivity contribution in [2.24, 2.45) is 10.9 Å². The maximum Gasteiger partial charge on any atom is 0.191 e. The lowest BCUT2D eigenvalue weighted by Crippen LogP contribution is -2.45. The minimum atomic E-state index is 0.155. The Morgan fingerprint density at radius 3 is 2.42 bits per heavy atom. The van der Waals surface area contributed by atoms with Crippen molar-refractivity contribution < 1.29 is 4.74 Å². The van der Waals surface area contributed by atoms with Crippen LogP contribution in [0.1, 0.15) is 49.0 Å². The van der Waals surface area contributed by atoms with Crippen molar-refractivity contribution in [2.75, 3.05) is 39.8 Å². The van der Waals surface area contributed by atoms with Gasteiger partial charge in [0.05, 0.1) is 12.1 Å². The highest BCUT2D eigenvalue weighted by atomic mass is 16.5. The average Bonchev–Trinajstić information content (AvgIpc) is 3.37. The van der Waals surface area contributed by atoms with E-state index in [4.69, 9.17) is 4.74 Å². The molecule has 3 unspecified atom stereocenters. The molecular weight excluding hydrogens is 384 g/mol. The Morgan fingerprint density at radius 1 is 1.00 bits per heavy atom. The van der Waals surface area contributed by atoms with Crippen molar-refractivity contribution in [2.45, 2.75) is 37.8 Å². The third kappa shape index (κ3) is 5.86. The Hall–Kier alpha value is -2.37. The van der Waals surface area contributed by atoms with Crippen LogP contribution in [0.2, 0.25) is 0 Å². The first kappa shape index (κ1) is 21.8. The van der Waals surface area contributed by atoms with Crippen molar-refractivity contribution in [3.63, 3.8) is 0 Å². The molecule has 2 aliphatic rings. The van der Waals surface area contributed by atoms with Gasteiger partial charge < -0.3 is 15.4 Å². The molecule has 0 aromatic heterocycles. The lowest BCUT2D eigenvalue weighted by Gasteiger charge is -2.33. The largest absolute Gasteiger partial charge is 0.373 e. The van der Waals surface area contributed by atoms with Gasteiger partial charge in [-0.25, -0.2) is 0 Å². The van der Waals surface area contributed by atoms with Crippen LogP contribution in [0.25, 0.3) is 0 Å². The van der Waals surface area contributed by atoms with Gasteiger partial charge in [-0.15, -0.1) is 0 Å². The van der Waals surface area contributed by atoms with Crippen LogP contribution in [0.4, 0.5) is 0 Å². The molecule has 4 rings (SSSR count). The second-order valence-electron chi connectivity index (χ2n) is 8.61. The highest BCUT2D eigenvalue weighted by Crippen LogP contribution is 2.33. The summed E-state index contributed by atoms with van der Waals surface area (Å²) in [7, 11) is 1.86. The number of hydrogen-bond acceptors (Lipinski definition) is 3. The summed E-state index contributed by atoms with van der Waals surface area (Å²) < 4.78 is 6.16. The number of ether oxygens (including phenoxy) is 1. The number of aliphatic imine (C=N–C) groups is 1. The molecule has 31 heavy (non-hydrogen) atoms. The van der Waals surface area contributed by atoms with Crippen molar-refractivity contribution in [1.29, 1.82) is 0 Å². The second-order valence-corrected chi connectivity index (χ2v) is 8.61. The van der Waals surface area contributed by atoms with Gasteiger partial charge in [0.25, 0.3) is 0 Å². The van der Waals surface area contributed by atoms with Crippen LogP contribution in [0.3, 0.4) is 0 Å². The summed E-state index contributed by atoms with van der Waals surface area (Å²) in [5.74, 6) is 1.32. The van der Waals surface area contributed by atoms with Gasteiger partial charge in [0.2, 0.25) is 0 Å². The Balaban J connectivity index is 1.35. The van der Waals surface area contributed by atoms with E-state index >= 15 is 0 Å². The van der Waals surface area contributed by atoms with Crippen molar-refractivity contribution in [1.82, 2.24) is 15.5 Å². The van der Waals surface area contributed by atoms with Crippen LogP contribution in [0.5, 0.6) is 0 Å². The van der Waals surface area contributed by atoms with Gasteiger partial charge in [0.15, 0.2) is 5.96 Å². The van der Waals surface area contributed by atoms with E-state index in [0.29, 0.717) is 12.0 Å². The number of nitrogens with zero attached hydrogens (tertiary/aromatic N) is 2. The van der Waals surface area contributed by atoms with Crippen LogP contribution in [0, 0.1) is 5.92 Å². The van der Waals surface area contributed by atoms with Crippen LogP contribution in [0.15, 0.2) is 65.7 Å². The summed E-state index contributed by atoms with van der Waals surface area (Å²) in [6.07, 6.45) is 5.02. The molecule has 0 amide bonds. The standard InChI is InChI=1S/C26H36N4O/c1-27-26(28-19-23-15-10-18-31-25(23)22-13-6-3-7-14-22)29-20-24(30-16-8-9-17-30)21-11-4-2-5-12-21/h2-7,11-14,23-25H,8-10,15-20H2,1H3,(H2,27,28,29). The van der Waals surface area contributed by atoms with Crippen molar-refractivity contribution in [3.05, 3.63) is 71.8 Å². The van der Waals surface area contributed by atoms with E-state index in [1.165, 1.54) is 43.5 Å². The quantitative estimate of drug-likeness (QED) is 0.522.